The van der Waals surface area contributed by atoms with Gasteiger partial charge in [-0.15, -0.1) is 0 Å². The van der Waals surface area contributed by atoms with E-state index in [1.807, 2.05) is 54.6 Å². The van der Waals surface area contributed by atoms with Crippen molar-refractivity contribution in [3.63, 3.8) is 0 Å². The van der Waals surface area contributed by atoms with Crippen molar-refractivity contribution in [2.75, 3.05) is 0 Å². The Balaban J connectivity index is 2.20. The van der Waals surface area contributed by atoms with Gasteiger partial charge in [0.25, 0.3) is 0 Å². The van der Waals surface area contributed by atoms with Gasteiger partial charge in [-0.3, -0.25) is 0 Å². The molecular weight excluding hydrogens is 232 g/mol. The summed E-state index contributed by atoms with van der Waals surface area (Å²) in [5.74, 6) is -0.202. The van der Waals surface area contributed by atoms with Gasteiger partial charge in [-0.25, -0.2) is 0 Å². The third-order valence-corrected chi connectivity index (χ3v) is 3.45. The second-order valence-electron chi connectivity index (χ2n) is 4.59. The smallest absolute Gasteiger partial charge is 0.131 e. The van der Waals surface area contributed by atoms with Crippen LogP contribution < -0.4 is 0 Å². The van der Waals surface area contributed by atoms with Crippen LogP contribution in [0.3, 0.4) is 0 Å². The van der Waals surface area contributed by atoms with Gasteiger partial charge in [0.05, 0.1) is 5.92 Å². The molecule has 1 heteroatoms. The highest BCUT2D eigenvalue weighted by Crippen LogP contribution is 2.29. The zero-order chi connectivity index (χ0) is 13.1. The zero-order valence-electron chi connectivity index (χ0n) is 10.5. The van der Waals surface area contributed by atoms with Gasteiger partial charge in [0, 0.05) is 0 Å². The normalized spacial score (nSPS) is 12.2. The molecule has 0 heterocycles. The standard InChI is InChI=1S/C18H14O/c19-13-18(15-7-2-1-3-8-15)17-12-6-10-14-9-4-5-11-16(14)17/h1-13,18H. The van der Waals surface area contributed by atoms with E-state index in [0.717, 1.165) is 22.8 Å². The number of carbonyl (C=O) groups is 1. The van der Waals surface area contributed by atoms with Crippen LogP contribution in [0.4, 0.5) is 0 Å². The summed E-state index contributed by atoms with van der Waals surface area (Å²) < 4.78 is 0. The fourth-order valence-corrected chi connectivity index (χ4v) is 2.51. The van der Waals surface area contributed by atoms with Crippen LogP contribution in [0.2, 0.25) is 0 Å². The summed E-state index contributed by atoms with van der Waals surface area (Å²) in [6.45, 7) is 0. The van der Waals surface area contributed by atoms with E-state index < -0.39 is 0 Å². The van der Waals surface area contributed by atoms with Crippen LogP contribution in [0.15, 0.2) is 72.8 Å². The third-order valence-electron chi connectivity index (χ3n) is 3.45. The molecule has 0 aliphatic carbocycles. The maximum absolute atomic E-state index is 11.5. The summed E-state index contributed by atoms with van der Waals surface area (Å²) in [4.78, 5) is 11.5. The molecule has 0 amide bonds. The summed E-state index contributed by atoms with van der Waals surface area (Å²) in [5.41, 5.74) is 2.10. The lowest BCUT2D eigenvalue weighted by molar-refractivity contribution is -0.108. The Morgan fingerprint density at radius 2 is 1.42 bits per heavy atom. The van der Waals surface area contributed by atoms with E-state index >= 15 is 0 Å². The molecular formula is C18H14O. The van der Waals surface area contributed by atoms with Crippen LogP contribution in [-0.2, 0) is 4.79 Å². The molecule has 3 aromatic rings. The van der Waals surface area contributed by atoms with Gasteiger partial charge in [-0.05, 0) is 21.9 Å². The van der Waals surface area contributed by atoms with Crippen LogP contribution in [0.25, 0.3) is 10.8 Å². The maximum atomic E-state index is 11.5. The van der Waals surface area contributed by atoms with E-state index in [0.29, 0.717) is 0 Å². The van der Waals surface area contributed by atoms with Crippen molar-refractivity contribution >= 4 is 17.1 Å². The molecule has 3 aromatic carbocycles. The summed E-state index contributed by atoms with van der Waals surface area (Å²) in [6, 6.07) is 24.2. The lowest BCUT2D eigenvalue weighted by atomic mass is 9.89. The molecule has 0 bridgehead atoms. The highest BCUT2D eigenvalue weighted by Gasteiger charge is 2.15. The average molecular weight is 246 g/mol. The lowest BCUT2D eigenvalue weighted by Crippen LogP contribution is -2.02. The molecule has 1 atom stereocenters. The highest BCUT2D eigenvalue weighted by molar-refractivity contribution is 5.89. The predicted octanol–water partition coefficient (Wildman–Crippen LogP) is 4.17. The average Bonchev–Trinajstić information content (AvgIpc) is 2.49. The number of carbonyl (C=O) groups excluding carboxylic acids is 1. The molecule has 3 rings (SSSR count). The Hall–Kier alpha value is -2.41. The first-order valence-electron chi connectivity index (χ1n) is 6.38. The van der Waals surface area contributed by atoms with Crippen molar-refractivity contribution in [2.24, 2.45) is 0 Å². The van der Waals surface area contributed by atoms with Crippen LogP contribution in [0, 0.1) is 0 Å². The minimum absolute atomic E-state index is 0.202. The third kappa shape index (κ3) is 2.15. The number of aldehydes is 1. The second kappa shape index (κ2) is 5.07. The molecule has 0 saturated carbocycles. The Kier molecular flexibility index (Phi) is 3.11. The Bertz CT molecular complexity index is 696. The molecule has 19 heavy (non-hydrogen) atoms. The summed E-state index contributed by atoms with van der Waals surface area (Å²) in [6.07, 6.45) is 1.02. The van der Waals surface area contributed by atoms with Crippen molar-refractivity contribution < 1.29 is 4.79 Å². The number of fused-ring (bicyclic) bond motifs is 1. The molecule has 92 valence electrons. The van der Waals surface area contributed by atoms with Gasteiger partial charge < -0.3 is 4.79 Å². The van der Waals surface area contributed by atoms with Gasteiger partial charge >= 0.3 is 0 Å². The van der Waals surface area contributed by atoms with Crippen LogP contribution in [0.5, 0.6) is 0 Å². The molecule has 0 aromatic heterocycles. The van der Waals surface area contributed by atoms with Crippen molar-refractivity contribution in [3.8, 4) is 0 Å². The summed E-state index contributed by atoms with van der Waals surface area (Å²) >= 11 is 0. The van der Waals surface area contributed by atoms with Crippen molar-refractivity contribution in [1.29, 1.82) is 0 Å². The molecule has 0 aliphatic heterocycles. The van der Waals surface area contributed by atoms with Crippen molar-refractivity contribution in [3.05, 3.63) is 83.9 Å². The van der Waals surface area contributed by atoms with Crippen molar-refractivity contribution in [1.82, 2.24) is 0 Å². The van der Waals surface area contributed by atoms with E-state index in [1.165, 1.54) is 5.39 Å². The van der Waals surface area contributed by atoms with Crippen LogP contribution >= 0.6 is 0 Å². The van der Waals surface area contributed by atoms with Crippen LogP contribution in [0.1, 0.15) is 17.0 Å². The predicted molar refractivity (Wildman–Crippen MR) is 78.3 cm³/mol. The Labute approximate surface area is 112 Å². The van der Waals surface area contributed by atoms with Gasteiger partial charge in [-0.1, -0.05) is 72.8 Å². The van der Waals surface area contributed by atoms with E-state index in [1.54, 1.807) is 0 Å². The zero-order valence-corrected chi connectivity index (χ0v) is 10.5. The minimum Gasteiger partial charge on any atom is -0.302 e. The van der Waals surface area contributed by atoms with E-state index in [2.05, 4.69) is 18.2 Å². The number of rotatable bonds is 3. The molecule has 0 radical (unpaired) electrons. The fourth-order valence-electron chi connectivity index (χ4n) is 2.51. The van der Waals surface area contributed by atoms with E-state index in [-0.39, 0.29) is 5.92 Å². The van der Waals surface area contributed by atoms with E-state index in [4.69, 9.17) is 0 Å². The first-order valence-corrected chi connectivity index (χ1v) is 6.38. The SMILES string of the molecule is O=CC(c1ccccc1)c1cccc2ccccc12. The molecule has 1 unspecified atom stereocenters. The van der Waals surface area contributed by atoms with E-state index in [9.17, 15) is 4.79 Å². The van der Waals surface area contributed by atoms with Gasteiger partial charge in [0.15, 0.2) is 0 Å². The van der Waals surface area contributed by atoms with Crippen LogP contribution in [-0.4, -0.2) is 6.29 Å². The maximum Gasteiger partial charge on any atom is 0.131 e. The first kappa shape index (κ1) is 11.7. The summed E-state index contributed by atoms with van der Waals surface area (Å²) in [7, 11) is 0. The van der Waals surface area contributed by atoms with Gasteiger partial charge in [0.2, 0.25) is 0 Å². The number of hydrogen-bond donors (Lipinski definition) is 0. The minimum atomic E-state index is -0.202. The highest BCUT2D eigenvalue weighted by atomic mass is 16.1. The largest absolute Gasteiger partial charge is 0.302 e. The van der Waals surface area contributed by atoms with Crippen molar-refractivity contribution in [2.45, 2.75) is 5.92 Å². The lowest BCUT2D eigenvalue weighted by Gasteiger charge is -2.14. The first-order chi connectivity index (χ1) is 9.40. The molecule has 1 nitrogen and oxygen atoms in total. The molecule has 0 aliphatic rings. The van der Waals surface area contributed by atoms with Gasteiger partial charge in [-0.2, -0.15) is 0 Å². The monoisotopic (exact) mass is 246 g/mol. The Morgan fingerprint density at radius 3 is 2.21 bits per heavy atom. The second-order valence-corrected chi connectivity index (χ2v) is 4.59. The molecule has 0 fully saturated rings. The topological polar surface area (TPSA) is 17.1 Å². The molecule has 0 saturated heterocycles. The van der Waals surface area contributed by atoms with Gasteiger partial charge in [0.1, 0.15) is 6.29 Å². The molecule has 0 N–H and O–H groups in total. The summed E-state index contributed by atoms with van der Waals surface area (Å²) in [5, 5.41) is 2.31. The number of hydrogen-bond acceptors (Lipinski definition) is 1. The molecule has 0 spiro atoms. The quantitative estimate of drug-likeness (QED) is 0.634. The number of benzene rings is 3. The Morgan fingerprint density at radius 1 is 0.737 bits per heavy atom. The fraction of sp³-hybridized carbons (Fsp3) is 0.0556.